The van der Waals surface area contributed by atoms with E-state index in [1.54, 1.807) is 0 Å². The van der Waals surface area contributed by atoms with Gasteiger partial charge in [-0.2, -0.15) is 11.8 Å². The summed E-state index contributed by atoms with van der Waals surface area (Å²) in [6, 6.07) is 22.0. The van der Waals surface area contributed by atoms with Gasteiger partial charge in [0.05, 0.1) is 0 Å². The van der Waals surface area contributed by atoms with Crippen molar-refractivity contribution >= 4 is 11.8 Å². The van der Waals surface area contributed by atoms with Crippen LogP contribution in [-0.2, 0) is 12.8 Å². The van der Waals surface area contributed by atoms with Gasteiger partial charge in [-0.3, -0.25) is 0 Å². The van der Waals surface area contributed by atoms with Crippen molar-refractivity contribution in [1.82, 2.24) is 5.32 Å². The van der Waals surface area contributed by atoms with Gasteiger partial charge in [-0.05, 0) is 30.2 Å². The summed E-state index contributed by atoms with van der Waals surface area (Å²) in [6.07, 6.45) is 4.34. The van der Waals surface area contributed by atoms with Gasteiger partial charge in [0.25, 0.3) is 0 Å². The number of hydrogen-bond donors (Lipinski definition) is 1. The van der Waals surface area contributed by atoms with E-state index in [1.807, 2.05) is 11.8 Å². The summed E-state index contributed by atoms with van der Waals surface area (Å²) in [5, 5.41) is 4.40. The molecule has 2 aromatic rings. The Hall–Kier alpha value is -1.25. The molecule has 112 valence electrons. The summed E-state index contributed by atoms with van der Waals surface area (Å²) in [4.78, 5) is 0. The van der Waals surface area contributed by atoms with Crippen LogP contribution in [0.1, 0.15) is 18.1 Å². The predicted octanol–water partition coefficient (Wildman–Crippen LogP) is 4.18. The Balaban J connectivity index is 1.99. The predicted molar refractivity (Wildman–Crippen MR) is 95.1 cm³/mol. The summed E-state index contributed by atoms with van der Waals surface area (Å²) < 4.78 is 0. The van der Waals surface area contributed by atoms with Crippen molar-refractivity contribution in [2.75, 3.05) is 12.8 Å². The standard InChI is InChI=1S/C19H25NS/c1-16(21-2)15-20-19(13-17-9-5-3-6-10-17)14-18-11-7-4-8-12-18/h3-12,16,19-20H,13-15H2,1-2H3. The smallest absolute Gasteiger partial charge is 0.0148 e. The van der Waals surface area contributed by atoms with Crippen molar-refractivity contribution in [3.05, 3.63) is 71.8 Å². The SMILES string of the molecule is CSC(C)CNC(Cc1ccccc1)Cc1ccccc1. The van der Waals surface area contributed by atoms with Gasteiger partial charge in [-0.1, -0.05) is 67.6 Å². The highest BCUT2D eigenvalue weighted by atomic mass is 32.2. The fourth-order valence-corrected chi connectivity index (χ4v) is 2.69. The molecule has 0 aliphatic rings. The topological polar surface area (TPSA) is 12.0 Å². The average molecular weight is 299 g/mol. The van der Waals surface area contributed by atoms with Crippen LogP contribution in [0.25, 0.3) is 0 Å². The van der Waals surface area contributed by atoms with Gasteiger partial charge in [0.1, 0.15) is 0 Å². The lowest BCUT2D eigenvalue weighted by Crippen LogP contribution is -2.37. The molecule has 0 spiro atoms. The van der Waals surface area contributed by atoms with Gasteiger partial charge in [0.2, 0.25) is 0 Å². The van der Waals surface area contributed by atoms with Crippen LogP contribution in [0.2, 0.25) is 0 Å². The maximum Gasteiger partial charge on any atom is 0.0148 e. The molecule has 1 nitrogen and oxygen atoms in total. The molecule has 0 amide bonds. The molecule has 0 aliphatic carbocycles. The highest BCUT2D eigenvalue weighted by Gasteiger charge is 2.11. The molecule has 2 rings (SSSR count). The van der Waals surface area contributed by atoms with Crippen LogP contribution < -0.4 is 5.32 Å². The van der Waals surface area contributed by atoms with Crippen molar-refractivity contribution in [3.63, 3.8) is 0 Å². The minimum atomic E-state index is 0.490. The molecule has 0 heterocycles. The monoisotopic (exact) mass is 299 g/mol. The maximum absolute atomic E-state index is 3.75. The molecular weight excluding hydrogens is 274 g/mol. The second-order valence-electron chi connectivity index (χ2n) is 5.53. The normalized spacial score (nSPS) is 12.5. The van der Waals surface area contributed by atoms with Crippen molar-refractivity contribution in [2.24, 2.45) is 0 Å². The minimum absolute atomic E-state index is 0.490. The van der Waals surface area contributed by atoms with Crippen LogP contribution in [-0.4, -0.2) is 24.1 Å². The van der Waals surface area contributed by atoms with E-state index < -0.39 is 0 Å². The molecule has 2 aromatic carbocycles. The summed E-state index contributed by atoms with van der Waals surface area (Å²) >= 11 is 1.92. The van der Waals surface area contributed by atoms with E-state index >= 15 is 0 Å². The van der Waals surface area contributed by atoms with Crippen LogP contribution >= 0.6 is 11.8 Å². The van der Waals surface area contributed by atoms with Gasteiger partial charge in [0, 0.05) is 17.8 Å². The van der Waals surface area contributed by atoms with Crippen molar-refractivity contribution in [3.8, 4) is 0 Å². The lowest BCUT2D eigenvalue weighted by molar-refractivity contribution is 0.508. The molecule has 0 bridgehead atoms. The van der Waals surface area contributed by atoms with E-state index in [4.69, 9.17) is 0 Å². The van der Waals surface area contributed by atoms with Gasteiger partial charge in [-0.15, -0.1) is 0 Å². The average Bonchev–Trinajstić information content (AvgIpc) is 2.54. The zero-order chi connectivity index (χ0) is 14.9. The van der Waals surface area contributed by atoms with E-state index in [1.165, 1.54) is 11.1 Å². The van der Waals surface area contributed by atoms with Crippen molar-refractivity contribution in [1.29, 1.82) is 0 Å². The summed E-state index contributed by atoms with van der Waals surface area (Å²) in [5.74, 6) is 0. The number of benzene rings is 2. The summed E-state index contributed by atoms with van der Waals surface area (Å²) in [7, 11) is 0. The molecule has 0 aromatic heterocycles. The Kier molecular flexibility index (Phi) is 6.84. The third kappa shape index (κ3) is 5.94. The molecule has 2 heteroatoms. The Morgan fingerprint density at radius 1 is 0.857 bits per heavy atom. The summed E-state index contributed by atoms with van der Waals surface area (Å²) in [5.41, 5.74) is 2.81. The second-order valence-corrected chi connectivity index (χ2v) is 6.81. The molecule has 1 N–H and O–H groups in total. The lowest BCUT2D eigenvalue weighted by atomic mass is 9.99. The molecular formula is C19H25NS. The Morgan fingerprint density at radius 2 is 1.33 bits per heavy atom. The molecule has 0 saturated heterocycles. The van der Waals surface area contributed by atoms with Crippen molar-refractivity contribution < 1.29 is 0 Å². The summed E-state index contributed by atoms with van der Waals surface area (Å²) in [6.45, 7) is 3.34. The van der Waals surface area contributed by atoms with E-state index in [9.17, 15) is 0 Å². The first kappa shape index (κ1) is 16.1. The number of nitrogens with one attached hydrogen (secondary N) is 1. The van der Waals surface area contributed by atoms with Crippen LogP contribution in [0, 0.1) is 0 Å². The lowest BCUT2D eigenvalue weighted by Gasteiger charge is -2.21. The fourth-order valence-electron chi connectivity index (χ4n) is 2.43. The second kappa shape index (κ2) is 8.91. The molecule has 1 atom stereocenters. The van der Waals surface area contributed by atoms with Crippen molar-refractivity contribution in [2.45, 2.75) is 31.1 Å². The Morgan fingerprint density at radius 3 is 1.76 bits per heavy atom. The molecule has 0 saturated carbocycles. The molecule has 1 unspecified atom stereocenters. The minimum Gasteiger partial charge on any atom is -0.312 e. The van der Waals surface area contributed by atoms with E-state index in [0.29, 0.717) is 11.3 Å². The first-order valence-electron chi connectivity index (χ1n) is 7.62. The number of hydrogen-bond acceptors (Lipinski definition) is 2. The molecule has 21 heavy (non-hydrogen) atoms. The fraction of sp³-hybridized carbons (Fsp3) is 0.368. The molecule has 0 aliphatic heterocycles. The molecule has 0 radical (unpaired) electrons. The Bertz CT molecular complexity index is 456. The molecule has 0 fully saturated rings. The van der Waals surface area contributed by atoms with E-state index in [-0.39, 0.29) is 0 Å². The Labute approximate surface area is 133 Å². The zero-order valence-corrected chi connectivity index (χ0v) is 13.8. The first-order chi connectivity index (χ1) is 10.3. The quantitative estimate of drug-likeness (QED) is 0.784. The largest absolute Gasteiger partial charge is 0.312 e. The zero-order valence-electron chi connectivity index (χ0n) is 13.0. The van der Waals surface area contributed by atoms with E-state index in [0.717, 1.165) is 19.4 Å². The van der Waals surface area contributed by atoms with Gasteiger partial charge >= 0.3 is 0 Å². The third-order valence-electron chi connectivity index (χ3n) is 3.75. The third-order valence-corrected chi connectivity index (χ3v) is 4.72. The van der Waals surface area contributed by atoms with E-state index in [2.05, 4.69) is 79.2 Å². The van der Waals surface area contributed by atoms with Gasteiger partial charge in [0.15, 0.2) is 0 Å². The van der Waals surface area contributed by atoms with Crippen LogP contribution in [0.4, 0.5) is 0 Å². The highest BCUT2D eigenvalue weighted by molar-refractivity contribution is 7.99. The van der Waals surface area contributed by atoms with Crippen LogP contribution in [0.5, 0.6) is 0 Å². The van der Waals surface area contributed by atoms with Gasteiger partial charge < -0.3 is 5.32 Å². The highest BCUT2D eigenvalue weighted by Crippen LogP contribution is 2.11. The van der Waals surface area contributed by atoms with Crippen LogP contribution in [0.15, 0.2) is 60.7 Å². The van der Waals surface area contributed by atoms with Gasteiger partial charge in [-0.25, -0.2) is 0 Å². The number of rotatable bonds is 8. The number of thioether (sulfide) groups is 1. The first-order valence-corrected chi connectivity index (χ1v) is 8.90. The van der Waals surface area contributed by atoms with Crippen LogP contribution in [0.3, 0.4) is 0 Å². The maximum atomic E-state index is 3.75.